The third-order valence-electron chi connectivity index (χ3n) is 1.66. The van der Waals surface area contributed by atoms with Gasteiger partial charge >= 0.3 is 0 Å². The summed E-state index contributed by atoms with van der Waals surface area (Å²) in [5, 5.41) is 8.66. The number of aliphatic hydroxyl groups excluding tert-OH is 1. The summed E-state index contributed by atoms with van der Waals surface area (Å²) in [6.07, 6.45) is 0.444. The maximum atomic E-state index is 13.2. The summed E-state index contributed by atoms with van der Waals surface area (Å²) in [5.41, 5.74) is 0.743. The van der Waals surface area contributed by atoms with Crippen LogP contribution in [-0.2, 0) is 6.42 Å². The van der Waals surface area contributed by atoms with Crippen molar-refractivity contribution in [2.24, 2.45) is 0 Å². The van der Waals surface area contributed by atoms with Crippen molar-refractivity contribution in [1.29, 1.82) is 0 Å². The van der Waals surface area contributed by atoms with Crippen LogP contribution in [0.15, 0.2) is 16.6 Å². The van der Waals surface area contributed by atoms with Crippen LogP contribution in [0, 0.1) is 5.82 Å². The second-order valence-corrected chi connectivity index (χ2v) is 3.42. The molecule has 0 spiro atoms. The number of rotatable bonds is 3. The largest absolute Gasteiger partial charge is 0.492 e. The number of ether oxygens (including phenoxy) is 1. The van der Waals surface area contributed by atoms with E-state index in [1.54, 1.807) is 6.07 Å². The van der Waals surface area contributed by atoms with Gasteiger partial charge in [-0.1, -0.05) is 0 Å². The van der Waals surface area contributed by atoms with Crippen molar-refractivity contribution in [3.63, 3.8) is 0 Å². The van der Waals surface area contributed by atoms with Crippen LogP contribution in [0.4, 0.5) is 4.39 Å². The summed E-state index contributed by atoms with van der Waals surface area (Å²) in [6, 6.07) is 3.10. The Kier molecular flexibility index (Phi) is 3.69. The van der Waals surface area contributed by atoms with Crippen LogP contribution in [0.1, 0.15) is 5.56 Å². The minimum atomic E-state index is -0.416. The molecule has 1 rings (SSSR count). The van der Waals surface area contributed by atoms with Crippen molar-refractivity contribution in [2.75, 3.05) is 13.7 Å². The Balaban J connectivity index is 3.05. The molecule has 0 fully saturated rings. The fourth-order valence-electron chi connectivity index (χ4n) is 1.08. The topological polar surface area (TPSA) is 29.5 Å². The molecule has 0 aliphatic rings. The number of methoxy groups -OCH3 is 1. The van der Waals surface area contributed by atoms with Crippen LogP contribution >= 0.6 is 15.9 Å². The summed E-state index contributed by atoms with van der Waals surface area (Å²) in [5.74, 6) is -0.220. The van der Waals surface area contributed by atoms with E-state index in [0.29, 0.717) is 10.9 Å². The Morgan fingerprint density at radius 1 is 1.54 bits per heavy atom. The average Bonchev–Trinajstić information content (AvgIpc) is 2.04. The molecule has 0 heterocycles. The molecule has 1 aromatic carbocycles. The Labute approximate surface area is 84.5 Å². The number of aliphatic hydroxyl groups is 1. The highest BCUT2D eigenvalue weighted by Crippen LogP contribution is 2.29. The zero-order chi connectivity index (χ0) is 9.84. The summed E-state index contributed by atoms with van der Waals surface area (Å²) in [6.45, 7) is 0.0121. The quantitative estimate of drug-likeness (QED) is 0.889. The first-order valence-electron chi connectivity index (χ1n) is 3.81. The van der Waals surface area contributed by atoms with Crippen molar-refractivity contribution in [1.82, 2.24) is 0 Å². The third-order valence-corrected chi connectivity index (χ3v) is 2.25. The van der Waals surface area contributed by atoms with Gasteiger partial charge in [0.2, 0.25) is 0 Å². The third kappa shape index (κ3) is 2.42. The van der Waals surface area contributed by atoms with Crippen LogP contribution in [0.3, 0.4) is 0 Å². The molecule has 13 heavy (non-hydrogen) atoms. The molecule has 4 heteroatoms. The Bertz CT molecular complexity index is 279. The highest BCUT2D eigenvalue weighted by Gasteiger charge is 2.08. The van der Waals surface area contributed by atoms with E-state index in [4.69, 9.17) is 9.84 Å². The predicted octanol–water partition coefficient (Wildman–Crippen LogP) is 2.13. The van der Waals surface area contributed by atoms with Gasteiger partial charge in [-0.2, -0.15) is 0 Å². The molecule has 72 valence electrons. The van der Waals surface area contributed by atoms with E-state index in [-0.39, 0.29) is 12.4 Å². The molecule has 0 saturated heterocycles. The molecular weight excluding hydrogens is 239 g/mol. The van der Waals surface area contributed by atoms with Crippen LogP contribution in [0.5, 0.6) is 5.75 Å². The molecule has 0 saturated carbocycles. The van der Waals surface area contributed by atoms with Gasteiger partial charge in [0.1, 0.15) is 0 Å². The molecule has 2 nitrogen and oxygen atoms in total. The van der Waals surface area contributed by atoms with Crippen LogP contribution in [0.2, 0.25) is 0 Å². The first-order valence-corrected chi connectivity index (χ1v) is 4.61. The smallest absolute Gasteiger partial charge is 0.168 e. The zero-order valence-electron chi connectivity index (χ0n) is 7.18. The molecule has 0 aliphatic carbocycles. The fourth-order valence-corrected chi connectivity index (χ4v) is 1.73. The highest BCUT2D eigenvalue weighted by molar-refractivity contribution is 9.10. The minimum absolute atomic E-state index is 0.0121. The van der Waals surface area contributed by atoms with Gasteiger partial charge in [-0.3, -0.25) is 0 Å². The lowest BCUT2D eigenvalue weighted by atomic mass is 10.1. The van der Waals surface area contributed by atoms with Gasteiger partial charge in [-0.05, 0) is 40.0 Å². The lowest BCUT2D eigenvalue weighted by molar-refractivity contribution is 0.299. The maximum absolute atomic E-state index is 13.2. The van der Waals surface area contributed by atoms with Crippen molar-refractivity contribution in [3.8, 4) is 5.75 Å². The Morgan fingerprint density at radius 3 is 2.69 bits per heavy atom. The van der Waals surface area contributed by atoms with Crippen LogP contribution in [-0.4, -0.2) is 18.8 Å². The van der Waals surface area contributed by atoms with Gasteiger partial charge in [0.15, 0.2) is 11.6 Å². The second-order valence-electron chi connectivity index (χ2n) is 2.57. The van der Waals surface area contributed by atoms with Crippen molar-refractivity contribution < 1.29 is 14.2 Å². The molecular formula is C9H10BrFO2. The summed E-state index contributed by atoms with van der Waals surface area (Å²) >= 11 is 3.18. The summed E-state index contributed by atoms with van der Waals surface area (Å²) in [7, 11) is 1.41. The maximum Gasteiger partial charge on any atom is 0.168 e. The average molecular weight is 249 g/mol. The SMILES string of the molecule is COc1c(F)cc(CCO)cc1Br. The Hall–Kier alpha value is -0.610. The molecule has 0 bridgehead atoms. The summed E-state index contributed by atoms with van der Waals surface area (Å²) in [4.78, 5) is 0. The van der Waals surface area contributed by atoms with Crippen molar-refractivity contribution in [2.45, 2.75) is 6.42 Å². The second kappa shape index (κ2) is 4.58. The number of hydrogen-bond donors (Lipinski definition) is 1. The van der Waals surface area contributed by atoms with Gasteiger partial charge in [0, 0.05) is 6.61 Å². The van der Waals surface area contributed by atoms with Gasteiger partial charge in [-0.15, -0.1) is 0 Å². The summed E-state index contributed by atoms with van der Waals surface area (Å²) < 4.78 is 18.6. The van der Waals surface area contributed by atoms with E-state index >= 15 is 0 Å². The molecule has 1 aromatic rings. The van der Waals surface area contributed by atoms with E-state index in [0.717, 1.165) is 5.56 Å². The predicted molar refractivity (Wildman–Crippen MR) is 51.4 cm³/mol. The van der Waals surface area contributed by atoms with E-state index in [9.17, 15) is 4.39 Å². The standard InChI is InChI=1S/C9H10BrFO2/c1-13-9-7(10)4-6(2-3-12)5-8(9)11/h4-5,12H,2-3H2,1H3. The molecule has 0 aliphatic heterocycles. The van der Waals surface area contributed by atoms with Gasteiger partial charge in [-0.25, -0.2) is 4.39 Å². The number of hydrogen-bond acceptors (Lipinski definition) is 2. The molecule has 0 amide bonds. The van der Waals surface area contributed by atoms with Crippen molar-refractivity contribution >= 4 is 15.9 Å². The zero-order valence-corrected chi connectivity index (χ0v) is 8.77. The first kappa shape index (κ1) is 10.5. The number of benzene rings is 1. The minimum Gasteiger partial charge on any atom is -0.492 e. The molecule has 0 aromatic heterocycles. The fraction of sp³-hybridized carbons (Fsp3) is 0.333. The van der Waals surface area contributed by atoms with Crippen LogP contribution < -0.4 is 4.74 Å². The lowest BCUT2D eigenvalue weighted by Crippen LogP contribution is -1.95. The van der Waals surface area contributed by atoms with E-state index in [1.165, 1.54) is 13.2 Å². The lowest BCUT2D eigenvalue weighted by Gasteiger charge is -2.06. The monoisotopic (exact) mass is 248 g/mol. The van der Waals surface area contributed by atoms with Crippen molar-refractivity contribution in [3.05, 3.63) is 28.0 Å². The molecule has 1 N–H and O–H groups in total. The molecule has 0 unspecified atom stereocenters. The van der Waals surface area contributed by atoms with Gasteiger partial charge in [0.25, 0.3) is 0 Å². The highest BCUT2D eigenvalue weighted by atomic mass is 79.9. The molecule has 0 atom stereocenters. The Morgan fingerprint density at radius 2 is 2.23 bits per heavy atom. The first-order chi connectivity index (χ1) is 6.19. The number of halogens is 2. The van der Waals surface area contributed by atoms with E-state index in [1.807, 2.05) is 0 Å². The van der Waals surface area contributed by atoms with E-state index in [2.05, 4.69) is 15.9 Å². The molecule has 0 radical (unpaired) electrons. The van der Waals surface area contributed by atoms with Gasteiger partial charge < -0.3 is 9.84 Å². The normalized spacial score (nSPS) is 10.2. The van der Waals surface area contributed by atoms with Crippen LogP contribution in [0.25, 0.3) is 0 Å². The van der Waals surface area contributed by atoms with Gasteiger partial charge in [0.05, 0.1) is 11.6 Å². The van der Waals surface area contributed by atoms with E-state index < -0.39 is 5.82 Å².